The van der Waals surface area contributed by atoms with Gasteiger partial charge in [0.25, 0.3) is 5.56 Å². The maximum Gasteiger partial charge on any atom is 0.330 e. The Morgan fingerprint density at radius 1 is 1.35 bits per heavy atom. The van der Waals surface area contributed by atoms with Gasteiger partial charge in [0.05, 0.1) is 6.61 Å². The first kappa shape index (κ1) is 12.0. The Bertz CT molecular complexity index is 509. The van der Waals surface area contributed by atoms with E-state index in [1.165, 1.54) is 0 Å². The predicted octanol–water partition coefficient (Wildman–Crippen LogP) is -2.85. The van der Waals surface area contributed by atoms with E-state index in [1.807, 2.05) is 4.98 Å². The normalized spacial score (nSPS) is 32.9. The molecule has 94 valence electrons. The van der Waals surface area contributed by atoms with Crippen LogP contribution in [0.3, 0.4) is 0 Å². The van der Waals surface area contributed by atoms with Crippen molar-refractivity contribution in [3.8, 4) is 0 Å². The molecule has 1 aromatic heterocycles. The molecule has 1 aromatic rings. The SMILES string of the molecule is O=c1cc[15n]([C@@H]2O[C@H](CO)[C@@H](O)[C@H]2O)[13c](=O)[15nH]1. The van der Waals surface area contributed by atoms with E-state index in [1.54, 1.807) is 0 Å². The molecule has 8 heteroatoms. The van der Waals surface area contributed by atoms with Crippen LogP contribution in [0.5, 0.6) is 0 Å². The van der Waals surface area contributed by atoms with Gasteiger partial charge in [-0.2, -0.15) is 0 Å². The van der Waals surface area contributed by atoms with Crippen LogP contribution >= 0.6 is 0 Å². The Kier molecular flexibility index (Phi) is 3.11. The van der Waals surface area contributed by atoms with E-state index in [2.05, 4.69) is 0 Å². The van der Waals surface area contributed by atoms with Gasteiger partial charge in [-0.3, -0.25) is 14.3 Å². The molecule has 0 radical (unpaired) electrons. The Morgan fingerprint density at radius 3 is 2.59 bits per heavy atom. The molecule has 4 atom stereocenters. The van der Waals surface area contributed by atoms with Gasteiger partial charge in [0.15, 0.2) is 6.23 Å². The molecular weight excluding hydrogens is 235 g/mol. The van der Waals surface area contributed by atoms with Crippen molar-refractivity contribution in [3.05, 3.63) is 33.1 Å². The largest absolute Gasteiger partial charge is 0.394 e. The third-order valence-electron chi connectivity index (χ3n) is 2.64. The van der Waals surface area contributed by atoms with Crippen LogP contribution in [0.4, 0.5) is 0 Å². The van der Waals surface area contributed by atoms with Crippen LogP contribution in [0.15, 0.2) is 21.9 Å². The van der Waals surface area contributed by atoms with E-state index in [4.69, 9.17) is 9.84 Å². The number of aliphatic hydroxyl groups is 3. The number of ether oxygens (including phenoxy) is 1. The summed E-state index contributed by atoms with van der Waals surface area (Å²) in [6.45, 7) is -0.479. The maximum atomic E-state index is 11.4. The van der Waals surface area contributed by atoms with Crippen LogP contribution < -0.4 is 11.2 Å². The topological polar surface area (TPSA) is 125 Å². The zero-order valence-electron chi connectivity index (χ0n) is 8.68. The van der Waals surface area contributed by atoms with Crippen molar-refractivity contribution in [1.82, 2.24) is 9.55 Å². The number of nitrogens with one attached hydrogen (secondary N) is 1. The summed E-state index contributed by atoms with van der Waals surface area (Å²) in [4.78, 5) is 24.3. The van der Waals surface area contributed by atoms with E-state index in [0.29, 0.717) is 0 Å². The summed E-state index contributed by atoms with van der Waals surface area (Å²) in [7, 11) is 0. The van der Waals surface area contributed by atoms with Gasteiger partial charge in [-0.1, -0.05) is 0 Å². The lowest BCUT2D eigenvalue weighted by Gasteiger charge is -2.16. The smallest absolute Gasteiger partial charge is 0.330 e. The van der Waals surface area contributed by atoms with E-state index >= 15 is 0 Å². The van der Waals surface area contributed by atoms with E-state index < -0.39 is 42.4 Å². The highest BCUT2D eigenvalue weighted by molar-refractivity contribution is 4.92. The highest BCUT2D eigenvalue weighted by Crippen LogP contribution is 2.27. The number of aromatic nitrogens is 2. The molecule has 2 heterocycles. The molecule has 0 saturated carbocycles. The second kappa shape index (κ2) is 4.41. The van der Waals surface area contributed by atoms with Crippen LogP contribution in [0, 0.1) is 0 Å². The molecule has 1 aliphatic rings. The average Bonchev–Trinajstić information content (AvgIpc) is 2.57. The lowest BCUT2D eigenvalue weighted by Crippen LogP contribution is -2.37. The molecule has 17 heavy (non-hydrogen) atoms. The molecular formula is C9H12N2O6. The minimum atomic E-state index is -1.35. The van der Waals surface area contributed by atoms with Crippen LogP contribution in [-0.2, 0) is 4.74 Å². The number of hydrogen-bond donors (Lipinski definition) is 4. The molecule has 0 spiro atoms. The van der Waals surface area contributed by atoms with Gasteiger partial charge in [0.2, 0.25) is 0 Å². The zero-order chi connectivity index (χ0) is 12.6. The average molecular weight is 247 g/mol. The fraction of sp³-hybridized carbons (Fsp3) is 0.556. The van der Waals surface area contributed by atoms with Gasteiger partial charge in [-0.05, 0) is 0 Å². The molecule has 2 rings (SSSR count). The van der Waals surface area contributed by atoms with Gasteiger partial charge in [-0.15, -0.1) is 0 Å². The zero-order valence-corrected chi connectivity index (χ0v) is 8.68. The van der Waals surface area contributed by atoms with Crippen LogP contribution in [-0.4, -0.2) is 49.8 Å². The predicted molar refractivity (Wildman–Crippen MR) is 54.3 cm³/mol. The van der Waals surface area contributed by atoms with Crippen molar-refractivity contribution in [1.29, 1.82) is 0 Å². The first-order valence-corrected chi connectivity index (χ1v) is 4.98. The molecule has 0 unspecified atom stereocenters. The standard InChI is InChI=1S/C9H12N2O6/c12-3-4-6(14)7(15)8(17-4)11-2-1-5(13)10-9(11)16/h1-2,4,6-8,12,14-15H,3H2,(H,10,13,16)/t4-,6-,7-,8-/m1/s1/i9+1,10+1,11+1. The van der Waals surface area contributed by atoms with Crippen molar-refractivity contribution in [2.24, 2.45) is 0 Å². The number of aromatic amines is 1. The molecule has 0 amide bonds. The highest BCUT2D eigenvalue weighted by atomic mass is 16.6. The number of nitrogens with zero attached hydrogens (tertiary/aromatic N) is 1. The summed E-state index contributed by atoms with van der Waals surface area (Å²) >= 11 is 0. The number of hydrogen-bond acceptors (Lipinski definition) is 6. The second-order valence-electron chi connectivity index (χ2n) is 3.75. The Hall–Kier alpha value is -1.48. The third kappa shape index (κ3) is 2.03. The lowest BCUT2D eigenvalue weighted by atomic mass is 10.1. The molecule has 8 nitrogen and oxygen atoms in total. The van der Waals surface area contributed by atoms with Crippen molar-refractivity contribution < 1.29 is 20.1 Å². The summed E-state index contributed by atoms with van der Waals surface area (Å²) in [6, 6.07) is 1.09. The fourth-order valence-electron chi connectivity index (χ4n) is 1.74. The summed E-state index contributed by atoms with van der Waals surface area (Å²) in [5.74, 6) is 0. The van der Waals surface area contributed by atoms with Gasteiger partial charge in [0, 0.05) is 12.3 Å². The van der Waals surface area contributed by atoms with Gasteiger partial charge >= 0.3 is 5.69 Å². The number of rotatable bonds is 2. The van der Waals surface area contributed by atoms with Crippen LogP contribution in [0.2, 0.25) is 0 Å². The van der Waals surface area contributed by atoms with Gasteiger partial charge < -0.3 is 20.1 Å². The van der Waals surface area contributed by atoms with Gasteiger partial charge in [-0.25, -0.2) is 4.79 Å². The first-order valence-electron chi connectivity index (χ1n) is 4.98. The Labute approximate surface area is 94.7 Å². The van der Waals surface area contributed by atoms with Crippen molar-refractivity contribution >= 4 is 0 Å². The van der Waals surface area contributed by atoms with E-state index in [-0.39, 0.29) is 0 Å². The van der Waals surface area contributed by atoms with Crippen molar-refractivity contribution in [2.45, 2.75) is 24.5 Å². The summed E-state index contributed by atoms with van der Waals surface area (Å²) in [5, 5.41) is 28.1. The molecule has 1 fully saturated rings. The molecule has 1 saturated heterocycles. The summed E-state index contributed by atoms with van der Waals surface area (Å²) in [6.07, 6.45) is -3.58. The van der Waals surface area contributed by atoms with Crippen molar-refractivity contribution in [3.63, 3.8) is 0 Å². The maximum absolute atomic E-state index is 11.4. The third-order valence-corrected chi connectivity index (χ3v) is 2.64. The molecule has 0 aromatic carbocycles. The monoisotopic (exact) mass is 247 g/mol. The van der Waals surface area contributed by atoms with Gasteiger partial charge in [0.1, 0.15) is 18.3 Å². The molecule has 0 bridgehead atoms. The minimum Gasteiger partial charge on any atom is -0.394 e. The Morgan fingerprint density at radius 2 is 2.06 bits per heavy atom. The highest BCUT2D eigenvalue weighted by Gasteiger charge is 2.43. The lowest BCUT2D eigenvalue weighted by molar-refractivity contribution is -0.0550. The van der Waals surface area contributed by atoms with E-state index in [9.17, 15) is 19.8 Å². The Balaban J connectivity index is 2.35. The molecule has 4 N–H and O–H groups in total. The summed E-state index contributed by atoms with van der Waals surface area (Å²) in [5.41, 5.74) is -1.33. The van der Waals surface area contributed by atoms with E-state index in [0.717, 1.165) is 16.8 Å². The number of H-pyrrole nitrogens is 1. The fourth-order valence-corrected chi connectivity index (χ4v) is 1.74. The quantitative estimate of drug-likeness (QED) is 0.446. The minimum absolute atomic E-state index is 0.479. The van der Waals surface area contributed by atoms with Crippen molar-refractivity contribution in [2.75, 3.05) is 6.61 Å². The van der Waals surface area contributed by atoms with Crippen LogP contribution in [0.25, 0.3) is 0 Å². The molecule has 1 aliphatic heterocycles. The molecule has 0 aliphatic carbocycles. The second-order valence-corrected chi connectivity index (χ2v) is 3.75. The number of aliphatic hydroxyl groups excluding tert-OH is 3. The van der Waals surface area contributed by atoms with Crippen LogP contribution in [0.1, 0.15) is 6.23 Å². The summed E-state index contributed by atoms with van der Waals surface area (Å²) < 4.78 is 6.08. The first-order chi connectivity index (χ1) is 8.04.